The Morgan fingerprint density at radius 3 is 2.60 bits per heavy atom. The first kappa shape index (κ1) is 18.3. The van der Waals surface area contributed by atoms with Crippen molar-refractivity contribution in [1.29, 1.82) is 0 Å². The summed E-state index contributed by atoms with van der Waals surface area (Å²) in [7, 11) is 0. The van der Waals surface area contributed by atoms with E-state index >= 15 is 0 Å². The lowest BCUT2D eigenvalue weighted by Gasteiger charge is -2.22. The Kier molecular flexibility index (Phi) is 6.76. The third kappa shape index (κ3) is 5.75. The van der Waals surface area contributed by atoms with Gasteiger partial charge in [-0.3, -0.25) is 4.79 Å². The van der Waals surface area contributed by atoms with Gasteiger partial charge in [0.1, 0.15) is 0 Å². The van der Waals surface area contributed by atoms with E-state index in [0.29, 0.717) is 12.2 Å². The summed E-state index contributed by atoms with van der Waals surface area (Å²) >= 11 is 7.61. The van der Waals surface area contributed by atoms with Crippen LogP contribution in [0.2, 0.25) is 5.02 Å². The van der Waals surface area contributed by atoms with Gasteiger partial charge in [0.05, 0.1) is 0 Å². The quantitative estimate of drug-likeness (QED) is 0.579. The second kappa shape index (κ2) is 9.25. The van der Waals surface area contributed by atoms with Crippen LogP contribution < -0.4 is 5.48 Å². The smallest absolute Gasteiger partial charge is 0.274 e. The fourth-order valence-corrected chi connectivity index (χ4v) is 3.41. The number of benzene rings is 2. The number of hydroxylamine groups is 1. The molecule has 2 aromatic carbocycles. The first-order chi connectivity index (χ1) is 12.2. The van der Waals surface area contributed by atoms with E-state index in [-0.39, 0.29) is 12.2 Å². The molecule has 1 atom stereocenters. The summed E-state index contributed by atoms with van der Waals surface area (Å²) in [5.74, 6) is 0.571. The number of carbonyl (C=O) groups is 1. The summed E-state index contributed by atoms with van der Waals surface area (Å²) in [6, 6.07) is 15.3. The molecule has 4 nitrogen and oxygen atoms in total. The molecule has 6 heteroatoms. The van der Waals surface area contributed by atoms with Crippen molar-refractivity contribution in [2.75, 3.05) is 6.61 Å². The molecular formula is C19H20ClNO3S. The predicted molar refractivity (Wildman–Crippen MR) is 99.6 cm³/mol. The highest BCUT2D eigenvalue weighted by molar-refractivity contribution is 7.98. The van der Waals surface area contributed by atoms with Crippen molar-refractivity contribution in [3.63, 3.8) is 0 Å². The monoisotopic (exact) mass is 377 g/mol. The molecule has 1 N–H and O–H groups in total. The van der Waals surface area contributed by atoms with Crippen molar-refractivity contribution in [2.24, 2.45) is 0 Å². The van der Waals surface area contributed by atoms with E-state index in [9.17, 15) is 4.79 Å². The third-order valence-electron chi connectivity index (χ3n) is 3.86. The maximum Gasteiger partial charge on any atom is 0.274 e. The second-order valence-corrected chi connectivity index (χ2v) is 7.27. The lowest BCUT2D eigenvalue weighted by atomic mass is 10.1. The van der Waals surface area contributed by atoms with Crippen molar-refractivity contribution >= 4 is 29.3 Å². The molecule has 0 bridgehead atoms. The molecule has 1 saturated heterocycles. The van der Waals surface area contributed by atoms with Gasteiger partial charge in [-0.1, -0.05) is 23.7 Å². The van der Waals surface area contributed by atoms with Crippen LogP contribution in [-0.2, 0) is 15.3 Å². The number of halogens is 1. The number of ether oxygens (including phenoxy) is 1. The van der Waals surface area contributed by atoms with Crippen molar-refractivity contribution in [2.45, 2.75) is 36.2 Å². The molecule has 1 fully saturated rings. The normalized spacial score (nSPS) is 17.2. The Morgan fingerprint density at radius 1 is 1.16 bits per heavy atom. The van der Waals surface area contributed by atoms with E-state index in [0.717, 1.165) is 40.5 Å². The molecule has 1 amide bonds. The molecule has 1 aliphatic rings. The van der Waals surface area contributed by atoms with E-state index in [4.69, 9.17) is 21.2 Å². The summed E-state index contributed by atoms with van der Waals surface area (Å²) < 4.78 is 5.42. The first-order valence-corrected chi connectivity index (χ1v) is 9.62. The van der Waals surface area contributed by atoms with Gasteiger partial charge in [0.2, 0.25) is 0 Å². The van der Waals surface area contributed by atoms with E-state index in [1.54, 1.807) is 23.9 Å². The number of nitrogens with one attached hydrogen (secondary N) is 1. The van der Waals surface area contributed by atoms with E-state index in [1.165, 1.54) is 0 Å². The minimum absolute atomic E-state index is 0.258. The minimum atomic E-state index is -0.340. The Morgan fingerprint density at radius 2 is 1.92 bits per heavy atom. The molecule has 1 heterocycles. The second-order valence-electron chi connectivity index (χ2n) is 5.78. The fourth-order valence-electron chi connectivity index (χ4n) is 2.43. The summed E-state index contributed by atoms with van der Waals surface area (Å²) in [5, 5.41) is 0.737. The van der Waals surface area contributed by atoms with Gasteiger partial charge in [-0.2, -0.15) is 0 Å². The molecule has 1 aliphatic heterocycles. The Bertz CT molecular complexity index is 685. The average molecular weight is 378 g/mol. The zero-order chi connectivity index (χ0) is 17.5. The molecule has 25 heavy (non-hydrogen) atoms. The molecule has 1 unspecified atom stereocenters. The SMILES string of the molecule is O=C(NOC1CCCCO1)c1ccc(CSc2ccc(Cl)cc2)cc1. The van der Waals surface area contributed by atoms with Crippen LogP contribution in [0.15, 0.2) is 53.4 Å². The van der Waals surface area contributed by atoms with Gasteiger partial charge in [-0.25, -0.2) is 10.3 Å². The largest absolute Gasteiger partial charge is 0.350 e. The van der Waals surface area contributed by atoms with Crippen molar-refractivity contribution < 1.29 is 14.4 Å². The van der Waals surface area contributed by atoms with Crippen LogP contribution in [-0.4, -0.2) is 18.8 Å². The lowest BCUT2D eigenvalue weighted by molar-refractivity contribution is -0.186. The molecule has 0 spiro atoms. The number of thioether (sulfide) groups is 1. The van der Waals surface area contributed by atoms with Gasteiger partial charge >= 0.3 is 0 Å². The fraction of sp³-hybridized carbons (Fsp3) is 0.316. The molecule has 0 saturated carbocycles. The molecule has 0 radical (unpaired) electrons. The van der Waals surface area contributed by atoms with Crippen LogP contribution in [0.4, 0.5) is 0 Å². The van der Waals surface area contributed by atoms with Crippen LogP contribution in [0, 0.1) is 0 Å². The van der Waals surface area contributed by atoms with Crippen LogP contribution in [0.25, 0.3) is 0 Å². The first-order valence-electron chi connectivity index (χ1n) is 8.25. The predicted octanol–water partition coefficient (Wildman–Crippen LogP) is 4.82. The number of amides is 1. The highest BCUT2D eigenvalue weighted by Crippen LogP contribution is 2.24. The van der Waals surface area contributed by atoms with Crippen LogP contribution in [0.3, 0.4) is 0 Å². The minimum Gasteiger partial charge on any atom is -0.350 e. The zero-order valence-electron chi connectivity index (χ0n) is 13.7. The van der Waals surface area contributed by atoms with Crippen LogP contribution in [0.5, 0.6) is 0 Å². The van der Waals surface area contributed by atoms with Gasteiger partial charge in [-0.15, -0.1) is 11.8 Å². The number of carbonyl (C=O) groups excluding carboxylic acids is 1. The molecule has 132 valence electrons. The maximum atomic E-state index is 12.1. The van der Waals surface area contributed by atoms with Crippen LogP contribution >= 0.6 is 23.4 Å². The summed E-state index contributed by atoms with van der Waals surface area (Å²) in [4.78, 5) is 18.6. The molecule has 0 aliphatic carbocycles. The molecule has 3 rings (SSSR count). The van der Waals surface area contributed by atoms with Crippen molar-refractivity contribution in [3.05, 3.63) is 64.7 Å². The summed E-state index contributed by atoms with van der Waals surface area (Å²) in [6.07, 6.45) is 2.57. The third-order valence-corrected chi connectivity index (χ3v) is 5.19. The highest BCUT2D eigenvalue weighted by Gasteiger charge is 2.16. The topological polar surface area (TPSA) is 47.6 Å². The number of hydrogen-bond donors (Lipinski definition) is 1. The van der Waals surface area contributed by atoms with Crippen LogP contribution in [0.1, 0.15) is 35.2 Å². The number of hydrogen-bond acceptors (Lipinski definition) is 4. The van der Waals surface area contributed by atoms with Gasteiger partial charge in [0.15, 0.2) is 6.29 Å². The van der Waals surface area contributed by atoms with Crippen molar-refractivity contribution in [1.82, 2.24) is 5.48 Å². The zero-order valence-corrected chi connectivity index (χ0v) is 15.3. The standard InChI is InChI=1S/C19H20ClNO3S/c20-16-8-10-17(11-9-16)25-13-14-4-6-15(7-5-14)19(22)21-24-18-3-1-2-12-23-18/h4-11,18H,1-3,12-13H2,(H,21,22). The maximum absolute atomic E-state index is 12.1. The van der Waals surface area contributed by atoms with Gasteiger partial charge in [0, 0.05) is 34.3 Å². The average Bonchev–Trinajstić information content (AvgIpc) is 2.67. The molecule has 0 aromatic heterocycles. The van der Waals surface area contributed by atoms with Gasteiger partial charge in [-0.05, 0) is 54.8 Å². The van der Waals surface area contributed by atoms with Gasteiger partial charge < -0.3 is 4.74 Å². The Balaban J connectivity index is 1.47. The lowest BCUT2D eigenvalue weighted by Crippen LogP contribution is -2.33. The van der Waals surface area contributed by atoms with Gasteiger partial charge in [0.25, 0.3) is 5.91 Å². The van der Waals surface area contributed by atoms with E-state index < -0.39 is 0 Å². The number of rotatable bonds is 6. The highest BCUT2D eigenvalue weighted by atomic mass is 35.5. The summed E-state index contributed by atoms with van der Waals surface area (Å²) in [6.45, 7) is 0.681. The van der Waals surface area contributed by atoms with E-state index in [2.05, 4.69) is 5.48 Å². The van der Waals surface area contributed by atoms with Crippen molar-refractivity contribution in [3.8, 4) is 0 Å². The summed E-state index contributed by atoms with van der Waals surface area (Å²) in [5.41, 5.74) is 4.18. The Labute approximate surface area is 156 Å². The molecule has 2 aromatic rings. The van der Waals surface area contributed by atoms with E-state index in [1.807, 2.05) is 36.4 Å². The Hall–Kier alpha value is -1.53. The molecular weight excluding hydrogens is 358 g/mol.